The van der Waals surface area contributed by atoms with Crippen molar-refractivity contribution in [2.24, 2.45) is 17.3 Å². The molecule has 10 nitrogen and oxygen atoms in total. The van der Waals surface area contributed by atoms with Crippen molar-refractivity contribution < 1.29 is 29.4 Å². The first-order valence-electron chi connectivity index (χ1n) is 14.6. The number of β-amino-alcohol motifs (C(OH)–C–C–N with tert-alkyl or cyclic N) is 1. The number of aliphatic hydroxyl groups excluding tert-OH is 1. The van der Waals surface area contributed by atoms with Crippen LogP contribution in [0.5, 0.6) is 0 Å². The number of amides is 3. The number of benzene rings is 1. The molecular weight excluding hydrogens is 556 g/mol. The highest BCUT2D eigenvalue weighted by molar-refractivity contribution is 7.13. The zero-order valence-electron chi connectivity index (χ0n) is 24.9. The predicted octanol–water partition coefficient (Wildman–Crippen LogP) is 3.68. The van der Waals surface area contributed by atoms with Gasteiger partial charge in [-0.25, -0.2) is 4.98 Å². The van der Waals surface area contributed by atoms with Crippen molar-refractivity contribution in [1.82, 2.24) is 20.5 Å². The molecule has 2 heterocycles. The number of rotatable bonds is 9. The van der Waals surface area contributed by atoms with Gasteiger partial charge in [0.15, 0.2) is 0 Å². The minimum Gasteiger partial charge on any atom is -0.481 e. The molecule has 3 amide bonds. The number of carbonyl (C=O) groups is 4. The molecule has 2 aromatic rings. The molecule has 0 bridgehead atoms. The molecule has 6 atom stereocenters. The van der Waals surface area contributed by atoms with Crippen LogP contribution in [0.1, 0.15) is 77.1 Å². The lowest BCUT2D eigenvalue weighted by Gasteiger charge is -2.35. The minimum absolute atomic E-state index is 0.000431. The van der Waals surface area contributed by atoms with E-state index in [1.54, 1.807) is 11.3 Å². The lowest BCUT2D eigenvalue weighted by atomic mass is 9.85. The largest absolute Gasteiger partial charge is 0.481 e. The smallest absolute Gasteiger partial charge is 0.306 e. The van der Waals surface area contributed by atoms with E-state index < -0.39 is 41.4 Å². The summed E-state index contributed by atoms with van der Waals surface area (Å²) in [5.74, 6) is -2.41. The van der Waals surface area contributed by atoms with Gasteiger partial charge in [-0.3, -0.25) is 19.2 Å². The first kappa shape index (κ1) is 31.6. The van der Waals surface area contributed by atoms with Crippen LogP contribution in [0.15, 0.2) is 29.8 Å². The van der Waals surface area contributed by atoms with Crippen molar-refractivity contribution in [2.45, 2.75) is 91.0 Å². The van der Waals surface area contributed by atoms with Gasteiger partial charge in [-0.05, 0) is 55.6 Å². The van der Waals surface area contributed by atoms with E-state index in [4.69, 9.17) is 0 Å². The normalized spacial score (nSPS) is 23.8. The number of carboxylic acid groups (broad SMARTS) is 1. The average Bonchev–Trinajstić information content (AvgIpc) is 3.66. The predicted molar refractivity (Wildman–Crippen MR) is 159 cm³/mol. The molecule has 2 unspecified atom stereocenters. The Balaban J connectivity index is 1.41. The summed E-state index contributed by atoms with van der Waals surface area (Å²) in [5.41, 5.74) is 4.08. The van der Waals surface area contributed by atoms with E-state index in [2.05, 4.69) is 15.6 Å². The van der Waals surface area contributed by atoms with E-state index in [0.29, 0.717) is 19.3 Å². The van der Waals surface area contributed by atoms with Crippen LogP contribution in [0.25, 0.3) is 10.4 Å². The Morgan fingerprint density at radius 3 is 2.36 bits per heavy atom. The number of carboxylic acids is 1. The van der Waals surface area contributed by atoms with Crippen LogP contribution in [-0.2, 0) is 19.2 Å². The molecule has 1 aliphatic carbocycles. The highest BCUT2D eigenvalue weighted by Crippen LogP contribution is 2.34. The molecule has 11 heteroatoms. The van der Waals surface area contributed by atoms with Crippen LogP contribution in [0.4, 0.5) is 0 Å². The molecule has 4 N–H and O–H groups in total. The first-order chi connectivity index (χ1) is 19.7. The number of hydrogen-bond donors (Lipinski definition) is 4. The molecular formula is C31H42N4O6S. The summed E-state index contributed by atoms with van der Waals surface area (Å²) in [6.45, 7) is 9.36. The van der Waals surface area contributed by atoms with Gasteiger partial charge in [0.25, 0.3) is 0 Å². The lowest BCUT2D eigenvalue weighted by Crippen LogP contribution is -2.58. The number of likely N-dealkylation sites (tertiary alicyclic amines) is 1. The van der Waals surface area contributed by atoms with Crippen molar-refractivity contribution in [3.63, 3.8) is 0 Å². The van der Waals surface area contributed by atoms with Gasteiger partial charge in [-0.15, -0.1) is 11.3 Å². The molecule has 1 saturated carbocycles. The lowest BCUT2D eigenvalue weighted by molar-refractivity contribution is -0.144. The molecule has 2 fully saturated rings. The molecule has 1 aromatic carbocycles. The molecule has 4 rings (SSSR count). The zero-order chi connectivity index (χ0) is 30.8. The second-order valence-electron chi connectivity index (χ2n) is 12.8. The summed E-state index contributed by atoms with van der Waals surface area (Å²) in [5, 5.41) is 25.6. The Morgan fingerprint density at radius 2 is 1.79 bits per heavy atom. The molecule has 42 heavy (non-hydrogen) atoms. The summed E-state index contributed by atoms with van der Waals surface area (Å²) in [4.78, 5) is 58.4. The van der Waals surface area contributed by atoms with Gasteiger partial charge in [0, 0.05) is 19.4 Å². The highest BCUT2D eigenvalue weighted by atomic mass is 32.1. The number of aliphatic hydroxyl groups is 1. The third-order valence-electron chi connectivity index (χ3n) is 8.42. The third kappa shape index (κ3) is 7.36. The van der Waals surface area contributed by atoms with Crippen LogP contribution >= 0.6 is 11.3 Å². The van der Waals surface area contributed by atoms with Gasteiger partial charge in [0.05, 0.1) is 34.1 Å². The Morgan fingerprint density at radius 1 is 1.10 bits per heavy atom. The fourth-order valence-electron chi connectivity index (χ4n) is 5.98. The van der Waals surface area contributed by atoms with Gasteiger partial charge in [0.1, 0.15) is 12.1 Å². The highest BCUT2D eigenvalue weighted by Gasteiger charge is 2.45. The topological polar surface area (TPSA) is 149 Å². The fraction of sp³-hybridized carbons (Fsp3) is 0.581. The molecule has 1 aromatic heterocycles. The quantitative estimate of drug-likeness (QED) is 0.344. The summed E-state index contributed by atoms with van der Waals surface area (Å²) in [7, 11) is 0. The zero-order valence-corrected chi connectivity index (χ0v) is 25.7. The summed E-state index contributed by atoms with van der Waals surface area (Å²) >= 11 is 1.57. The maximum Gasteiger partial charge on any atom is 0.306 e. The summed E-state index contributed by atoms with van der Waals surface area (Å²) in [6, 6.07) is 5.79. The number of carbonyl (C=O) groups excluding carboxylic acids is 3. The molecule has 0 spiro atoms. The van der Waals surface area contributed by atoms with Crippen LogP contribution in [0.2, 0.25) is 0 Å². The van der Waals surface area contributed by atoms with Crippen molar-refractivity contribution in [3.8, 4) is 10.4 Å². The van der Waals surface area contributed by atoms with Crippen molar-refractivity contribution >= 4 is 35.0 Å². The summed E-state index contributed by atoms with van der Waals surface area (Å²) in [6.07, 6.45) is 1.05. The van der Waals surface area contributed by atoms with Crippen molar-refractivity contribution in [2.75, 3.05) is 6.54 Å². The number of aryl methyl sites for hydroxylation is 1. The summed E-state index contributed by atoms with van der Waals surface area (Å²) < 4.78 is 0. The number of aromatic nitrogens is 1. The van der Waals surface area contributed by atoms with Crippen molar-refractivity contribution in [1.29, 1.82) is 0 Å². The Hall–Kier alpha value is -3.31. The Labute approximate surface area is 250 Å². The van der Waals surface area contributed by atoms with Crippen LogP contribution < -0.4 is 10.6 Å². The van der Waals surface area contributed by atoms with E-state index in [1.165, 1.54) is 4.90 Å². The first-order valence-corrected chi connectivity index (χ1v) is 15.4. The standard InChI is InChI=1S/C31H42N4O6S/c1-17(20-8-10-21(11-9-20)26-18(2)32-16-42-26)33-28(38)24-14-23(36)15-35(24)29(39)27(31(3,4)5)34-25(37)13-19-6-7-22(12-19)30(40)41/h8-11,16-17,19,22-24,27,36H,6-7,12-15H2,1-5H3,(H,33,38)(H,34,37)(H,40,41)/t17-,19?,22?,23+,24-,27+/m0/s1. The molecule has 1 aliphatic heterocycles. The monoisotopic (exact) mass is 598 g/mol. The fourth-order valence-corrected chi connectivity index (χ4v) is 6.79. The average molecular weight is 599 g/mol. The van der Waals surface area contributed by atoms with E-state index >= 15 is 0 Å². The second kappa shape index (κ2) is 12.9. The van der Waals surface area contributed by atoms with Crippen LogP contribution in [0.3, 0.4) is 0 Å². The molecule has 0 radical (unpaired) electrons. The van der Waals surface area contributed by atoms with Gasteiger partial charge >= 0.3 is 5.97 Å². The Bertz CT molecular complexity index is 1300. The van der Waals surface area contributed by atoms with Crippen LogP contribution in [-0.4, -0.2) is 68.5 Å². The van der Waals surface area contributed by atoms with Gasteiger partial charge in [0.2, 0.25) is 17.7 Å². The molecule has 228 valence electrons. The minimum atomic E-state index is -0.914. The van der Waals surface area contributed by atoms with Crippen LogP contribution in [0, 0.1) is 24.2 Å². The van der Waals surface area contributed by atoms with E-state index in [1.807, 2.05) is 64.4 Å². The van der Waals surface area contributed by atoms with E-state index in [9.17, 15) is 29.4 Å². The maximum atomic E-state index is 13.8. The SMILES string of the molecule is Cc1ncsc1-c1ccc([C@H](C)NC(=O)[C@@H]2C[C@@H](O)CN2C(=O)[C@@H](NC(=O)CC2CCC(C(=O)O)C2)C(C)(C)C)cc1. The Kier molecular flexibility index (Phi) is 9.72. The molecule has 1 saturated heterocycles. The number of aliphatic carboxylic acids is 1. The van der Waals surface area contributed by atoms with Gasteiger partial charge in [-0.1, -0.05) is 45.0 Å². The van der Waals surface area contributed by atoms with Gasteiger partial charge < -0.3 is 25.7 Å². The van der Waals surface area contributed by atoms with Gasteiger partial charge in [-0.2, -0.15) is 0 Å². The van der Waals surface area contributed by atoms with E-state index in [-0.39, 0.29) is 43.2 Å². The van der Waals surface area contributed by atoms with Crippen molar-refractivity contribution in [3.05, 3.63) is 41.0 Å². The number of thiazole rings is 1. The number of hydrogen-bond acceptors (Lipinski definition) is 7. The van der Waals surface area contributed by atoms with E-state index in [0.717, 1.165) is 21.7 Å². The number of nitrogens with zero attached hydrogens (tertiary/aromatic N) is 2. The maximum absolute atomic E-state index is 13.8. The third-order valence-corrected chi connectivity index (χ3v) is 9.40. The second-order valence-corrected chi connectivity index (χ2v) is 13.7. The number of nitrogens with one attached hydrogen (secondary N) is 2. The molecule has 2 aliphatic rings.